The average molecular weight is 211 g/mol. The molecule has 0 saturated heterocycles. The van der Waals surface area contributed by atoms with Crippen LogP contribution in [0.3, 0.4) is 0 Å². The quantitative estimate of drug-likeness (QED) is 0.759. The molecule has 1 aromatic carbocycles. The van der Waals surface area contributed by atoms with Crippen molar-refractivity contribution in [3.8, 4) is 0 Å². The van der Waals surface area contributed by atoms with E-state index in [4.69, 9.17) is 11.6 Å². The lowest BCUT2D eigenvalue weighted by atomic mass is 10.1. The number of benzene rings is 1. The lowest BCUT2D eigenvalue weighted by Gasteiger charge is -2.08. The first kappa shape index (κ1) is 10.7. The normalized spacial score (nSPS) is 11.8. The number of alkyl halides is 1. The van der Waals surface area contributed by atoms with Gasteiger partial charge in [-0.3, -0.25) is 9.59 Å². The molecule has 0 saturated carbocycles. The van der Waals surface area contributed by atoms with E-state index in [1.165, 1.54) is 0 Å². The molecule has 1 N–H and O–H groups in total. The lowest BCUT2D eigenvalue weighted by Crippen LogP contribution is -2.28. The molecule has 0 aliphatic heterocycles. The highest BCUT2D eigenvalue weighted by Crippen LogP contribution is 2.19. The summed E-state index contributed by atoms with van der Waals surface area (Å²) in [6, 6.07) is 8.93. The third-order valence-corrected chi connectivity index (χ3v) is 2.11. The zero-order chi connectivity index (χ0) is 10.4. The van der Waals surface area contributed by atoms with Crippen LogP contribution in [0, 0.1) is 0 Å². The fourth-order valence-corrected chi connectivity index (χ4v) is 1.21. The van der Waals surface area contributed by atoms with Gasteiger partial charge in [0.05, 0.1) is 6.54 Å². The third kappa shape index (κ3) is 2.85. The largest absolute Gasteiger partial charge is 0.347 e. The van der Waals surface area contributed by atoms with Gasteiger partial charge in [0.2, 0.25) is 12.2 Å². The third-order valence-electron chi connectivity index (χ3n) is 1.66. The van der Waals surface area contributed by atoms with Gasteiger partial charge in [0.1, 0.15) is 5.38 Å². The van der Waals surface area contributed by atoms with Gasteiger partial charge in [0.15, 0.2) is 0 Å². The van der Waals surface area contributed by atoms with Crippen LogP contribution in [0.15, 0.2) is 30.3 Å². The Kier molecular flexibility index (Phi) is 4.13. The van der Waals surface area contributed by atoms with E-state index in [0.717, 1.165) is 0 Å². The monoisotopic (exact) mass is 210 g/mol. The van der Waals surface area contributed by atoms with Crippen molar-refractivity contribution < 1.29 is 9.59 Å². The SMILES string of the molecule is O=[C]CNC(=O)C(Cl)c1ccccc1. The van der Waals surface area contributed by atoms with Crippen molar-refractivity contribution >= 4 is 23.8 Å². The smallest absolute Gasteiger partial charge is 0.242 e. The fourth-order valence-electron chi connectivity index (χ4n) is 0.986. The van der Waals surface area contributed by atoms with Gasteiger partial charge in [-0.05, 0) is 5.56 Å². The van der Waals surface area contributed by atoms with E-state index in [2.05, 4.69) is 5.32 Å². The van der Waals surface area contributed by atoms with E-state index in [-0.39, 0.29) is 12.5 Å². The van der Waals surface area contributed by atoms with E-state index in [1.54, 1.807) is 30.6 Å². The van der Waals surface area contributed by atoms with Crippen molar-refractivity contribution in [2.75, 3.05) is 6.54 Å². The lowest BCUT2D eigenvalue weighted by molar-refractivity contribution is -0.120. The maximum atomic E-state index is 11.3. The minimum Gasteiger partial charge on any atom is -0.347 e. The fraction of sp³-hybridized carbons (Fsp3) is 0.200. The molecule has 0 aliphatic carbocycles. The molecule has 0 fully saturated rings. The molecule has 1 atom stereocenters. The molecule has 1 unspecified atom stereocenters. The van der Waals surface area contributed by atoms with E-state index < -0.39 is 5.38 Å². The number of hydrogen-bond acceptors (Lipinski definition) is 2. The number of hydrogen-bond donors (Lipinski definition) is 1. The van der Waals surface area contributed by atoms with Crippen molar-refractivity contribution in [1.29, 1.82) is 0 Å². The molecule has 1 aromatic rings. The molecule has 0 aromatic heterocycles. The minimum absolute atomic E-state index is 0.130. The number of amides is 1. The second kappa shape index (κ2) is 5.40. The van der Waals surface area contributed by atoms with E-state index in [9.17, 15) is 9.59 Å². The summed E-state index contributed by atoms with van der Waals surface area (Å²) < 4.78 is 0. The summed E-state index contributed by atoms with van der Waals surface area (Å²) >= 11 is 5.85. The van der Waals surface area contributed by atoms with Crippen molar-refractivity contribution in [3.05, 3.63) is 35.9 Å². The minimum atomic E-state index is -0.760. The van der Waals surface area contributed by atoms with Gasteiger partial charge in [-0.2, -0.15) is 0 Å². The number of carbonyl (C=O) groups is 1. The highest BCUT2D eigenvalue weighted by Gasteiger charge is 2.16. The maximum Gasteiger partial charge on any atom is 0.242 e. The van der Waals surface area contributed by atoms with Crippen LogP contribution in [0.5, 0.6) is 0 Å². The van der Waals surface area contributed by atoms with Gasteiger partial charge in [-0.15, -0.1) is 11.6 Å². The Morgan fingerprint density at radius 3 is 2.64 bits per heavy atom. The molecule has 0 bridgehead atoms. The standard InChI is InChI=1S/C10H9ClNO2/c11-9(10(14)12-6-7-13)8-4-2-1-3-5-8/h1-5,9H,6H2,(H,12,14). The first-order chi connectivity index (χ1) is 6.75. The zero-order valence-electron chi connectivity index (χ0n) is 7.37. The predicted octanol–water partition coefficient (Wildman–Crippen LogP) is 1.19. The number of halogens is 1. The van der Waals surface area contributed by atoms with E-state index in [1.807, 2.05) is 6.07 Å². The van der Waals surface area contributed by atoms with Gasteiger partial charge in [0.25, 0.3) is 0 Å². The topological polar surface area (TPSA) is 46.2 Å². The number of nitrogens with one attached hydrogen (secondary N) is 1. The predicted molar refractivity (Wildman–Crippen MR) is 53.7 cm³/mol. The average Bonchev–Trinajstić information content (AvgIpc) is 2.26. The Morgan fingerprint density at radius 1 is 1.43 bits per heavy atom. The van der Waals surface area contributed by atoms with E-state index in [0.29, 0.717) is 5.56 Å². The highest BCUT2D eigenvalue weighted by molar-refractivity contribution is 6.30. The van der Waals surface area contributed by atoms with Crippen molar-refractivity contribution in [2.24, 2.45) is 0 Å². The van der Waals surface area contributed by atoms with Gasteiger partial charge in [0, 0.05) is 0 Å². The Bertz CT molecular complexity index is 313. The molecule has 1 amide bonds. The van der Waals surface area contributed by atoms with Crippen molar-refractivity contribution in [2.45, 2.75) is 5.38 Å². The van der Waals surface area contributed by atoms with Crippen molar-refractivity contribution in [3.63, 3.8) is 0 Å². The van der Waals surface area contributed by atoms with Crippen LogP contribution in [0.25, 0.3) is 0 Å². The molecule has 73 valence electrons. The van der Waals surface area contributed by atoms with Gasteiger partial charge in [-0.25, -0.2) is 0 Å². The number of carbonyl (C=O) groups excluding carboxylic acids is 2. The molecular weight excluding hydrogens is 202 g/mol. The Hall–Kier alpha value is -1.35. The van der Waals surface area contributed by atoms with Crippen molar-refractivity contribution in [1.82, 2.24) is 5.32 Å². The number of rotatable bonds is 4. The van der Waals surface area contributed by atoms with E-state index >= 15 is 0 Å². The van der Waals surface area contributed by atoms with Crippen LogP contribution in [-0.4, -0.2) is 18.7 Å². The molecular formula is C10H9ClNO2. The Morgan fingerprint density at radius 2 is 2.07 bits per heavy atom. The second-order valence-corrected chi connectivity index (χ2v) is 3.07. The molecule has 0 spiro atoms. The van der Waals surface area contributed by atoms with Crippen LogP contribution in [0.1, 0.15) is 10.9 Å². The van der Waals surface area contributed by atoms with Gasteiger partial charge >= 0.3 is 0 Å². The molecule has 14 heavy (non-hydrogen) atoms. The molecule has 1 radical (unpaired) electrons. The summed E-state index contributed by atoms with van der Waals surface area (Å²) in [6.07, 6.45) is 1.56. The molecule has 1 rings (SSSR count). The van der Waals surface area contributed by atoms with Crippen LogP contribution < -0.4 is 5.32 Å². The summed E-state index contributed by atoms with van der Waals surface area (Å²) in [5.74, 6) is -0.388. The molecule has 0 heterocycles. The summed E-state index contributed by atoms with van der Waals surface area (Å²) in [7, 11) is 0. The van der Waals surface area contributed by atoms with Crippen LogP contribution >= 0.6 is 11.6 Å². The van der Waals surface area contributed by atoms with Gasteiger partial charge in [-0.1, -0.05) is 30.3 Å². The van der Waals surface area contributed by atoms with Crippen LogP contribution in [0.4, 0.5) is 0 Å². The first-order valence-electron chi connectivity index (χ1n) is 4.07. The Balaban J connectivity index is 2.61. The summed E-state index contributed by atoms with van der Waals surface area (Å²) in [5.41, 5.74) is 0.706. The first-order valence-corrected chi connectivity index (χ1v) is 4.51. The molecule has 3 nitrogen and oxygen atoms in total. The molecule has 0 aliphatic rings. The summed E-state index contributed by atoms with van der Waals surface area (Å²) in [6.45, 7) is -0.130. The zero-order valence-corrected chi connectivity index (χ0v) is 8.12. The Labute approximate surface area is 87.1 Å². The maximum absolute atomic E-state index is 11.3. The molecule has 4 heteroatoms. The van der Waals surface area contributed by atoms with Crippen LogP contribution in [-0.2, 0) is 9.59 Å². The second-order valence-electron chi connectivity index (χ2n) is 2.64. The summed E-state index contributed by atoms with van der Waals surface area (Å²) in [5, 5.41) is 1.58. The summed E-state index contributed by atoms with van der Waals surface area (Å²) in [4.78, 5) is 21.2. The van der Waals surface area contributed by atoms with Crippen LogP contribution in [0.2, 0.25) is 0 Å². The van der Waals surface area contributed by atoms with Gasteiger partial charge < -0.3 is 5.32 Å². The highest BCUT2D eigenvalue weighted by atomic mass is 35.5.